The summed E-state index contributed by atoms with van der Waals surface area (Å²) in [6.45, 7) is 2.13. The normalized spacial score (nSPS) is 11.6. The Balaban J connectivity index is 1.94. The molecule has 3 heterocycles. The number of halogens is 2. The average Bonchev–Trinajstić information content (AvgIpc) is 2.99. The first-order valence-electron chi connectivity index (χ1n) is 6.95. The largest absolute Gasteiger partial charge is 0.420 e. The molecule has 0 bridgehead atoms. The van der Waals surface area contributed by atoms with Crippen LogP contribution in [0.5, 0.6) is 0 Å². The predicted molar refractivity (Wildman–Crippen MR) is 87.2 cm³/mol. The van der Waals surface area contributed by atoms with Gasteiger partial charge in [0.1, 0.15) is 5.65 Å². The molecule has 5 nitrogen and oxygen atoms in total. The average molecular weight is 376 g/mol. The van der Waals surface area contributed by atoms with Crippen LogP contribution in [0.1, 0.15) is 11.4 Å². The van der Waals surface area contributed by atoms with Gasteiger partial charge in [-0.25, -0.2) is 14.2 Å². The molecule has 0 aliphatic rings. The number of oxazole rings is 1. The SMILES string of the molecule is Cc1nc2ccc(Br)cn2c1Cn1c(=O)oc2c(F)cccc21. The summed E-state index contributed by atoms with van der Waals surface area (Å²) >= 11 is 3.43. The van der Waals surface area contributed by atoms with Crippen molar-refractivity contribution in [3.8, 4) is 0 Å². The summed E-state index contributed by atoms with van der Waals surface area (Å²) in [7, 11) is 0. The number of hydrogen-bond donors (Lipinski definition) is 0. The summed E-state index contributed by atoms with van der Waals surface area (Å²) in [5.41, 5.74) is 2.84. The number of rotatable bonds is 2. The molecule has 0 aliphatic carbocycles. The summed E-state index contributed by atoms with van der Waals surface area (Å²) in [4.78, 5) is 16.6. The summed E-state index contributed by atoms with van der Waals surface area (Å²) in [5, 5.41) is 0. The minimum absolute atomic E-state index is 0.0230. The number of benzene rings is 1. The van der Waals surface area contributed by atoms with Gasteiger partial charge in [0.2, 0.25) is 0 Å². The lowest BCUT2D eigenvalue weighted by atomic mass is 10.3. The fourth-order valence-corrected chi connectivity index (χ4v) is 3.06. The smallest absolute Gasteiger partial charge is 0.405 e. The molecule has 0 fully saturated rings. The van der Waals surface area contributed by atoms with Gasteiger partial charge < -0.3 is 8.82 Å². The Labute approximate surface area is 138 Å². The van der Waals surface area contributed by atoms with Crippen molar-refractivity contribution in [1.82, 2.24) is 14.0 Å². The maximum Gasteiger partial charge on any atom is 0.420 e. The van der Waals surface area contributed by atoms with Crippen LogP contribution in [0, 0.1) is 12.7 Å². The van der Waals surface area contributed by atoms with E-state index in [1.54, 1.807) is 12.1 Å². The molecule has 3 aromatic heterocycles. The molecule has 0 unspecified atom stereocenters. The molecule has 7 heteroatoms. The van der Waals surface area contributed by atoms with Gasteiger partial charge >= 0.3 is 5.76 Å². The van der Waals surface area contributed by atoms with E-state index in [1.807, 2.05) is 29.7 Å². The van der Waals surface area contributed by atoms with E-state index in [-0.39, 0.29) is 12.1 Å². The monoisotopic (exact) mass is 375 g/mol. The molecular formula is C16H11BrFN3O2. The zero-order valence-corrected chi connectivity index (χ0v) is 13.7. The van der Waals surface area contributed by atoms with Gasteiger partial charge in [0.05, 0.1) is 23.4 Å². The Bertz CT molecular complexity index is 1110. The number of pyridine rings is 1. The number of hydrogen-bond acceptors (Lipinski definition) is 3. The maximum atomic E-state index is 13.8. The third kappa shape index (κ3) is 2.19. The van der Waals surface area contributed by atoms with Crippen LogP contribution >= 0.6 is 15.9 Å². The number of imidazole rings is 1. The second kappa shape index (κ2) is 5.06. The highest BCUT2D eigenvalue weighted by Gasteiger charge is 2.16. The van der Waals surface area contributed by atoms with Crippen molar-refractivity contribution in [2.45, 2.75) is 13.5 Å². The van der Waals surface area contributed by atoms with Crippen molar-refractivity contribution in [2.24, 2.45) is 0 Å². The van der Waals surface area contributed by atoms with E-state index in [0.29, 0.717) is 5.52 Å². The highest BCUT2D eigenvalue weighted by molar-refractivity contribution is 9.10. The van der Waals surface area contributed by atoms with Crippen LogP contribution in [-0.4, -0.2) is 14.0 Å². The van der Waals surface area contributed by atoms with Crippen molar-refractivity contribution in [3.63, 3.8) is 0 Å². The van der Waals surface area contributed by atoms with E-state index in [0.717, 1.165) is 21.5 Å². The number of aryl methyl sites for hydroxylation is 1. The van der Waals surface area contributed by atoms with Crippen molar-refractivity contribution >= 4 is 32.7 Å². The number of para-hydroxylation sites is 1. The molecule has 0 atom stereocenters. The molecule has 1 aromatic carbocycles. The third-order valence-electron chi connectivity index (χ3n) is 3.84. The van der Waals surface area contributed by atoms with E-state index in [9.17, 15) is 9.18 Å². The Morgan fingerprint density at radius 2 is 2.13 bits per heavy atom. The van der Waals surface area contributed by atoms with E-state index >= 15 is 0 Å². The van der Waals surface area contributed by atoms with Crippen LogP contribution in [-0.2, 0) is 6.54 Å². The molecule has 0 radical (unpaired) electrons. The van der Waals surface area contributed by atoms with Gasteiger partial charge in [-0.1, -0.05) is 6.07 Å². The van der Waals surface area contributed by atoms with Crippen LogP contribution in [0.2, 0.25) is 0 Å². The summed E-state index contributed by atoms with van der Waals surface area (Å²) in [6.07, 6.45) is 1.89. The second-order valence-corrected chi connectivity index (χ2v) is 6.18. The first-order valence-corrected chi connectivity index (χ1v) is 7.75. The highest BCUT2D eigenvalue weighted by Crippen LogP contribution is 2.20. The molecule has 23 heavy (non-hydrogen) atoms. The van der Waals surface area contributed by atoms with Gasteiger partial charge in [0, 0.05) is 10.7 Å². The van der Waals surface area contributed by atoms with Gasteiger partial charge in [-0.05, 0) is 47.1 Å². The lowest BCUT2D eigenvalue weighted by Gasteiger charge is -2.05. The van der Waals surface area contributed by atoms with E-state index in [4.69, 9.17) is 4.42 Å². The lowest BCUT2D eigenvalue weighted by molar-refractivity contribution is 0.496. The highest BCUT2D eigenvalue weighted by atomic mass is 79.9. The molecule has 4 aromatic rings. The van der Waals surface area contributed by atoms with Crippen molar-refractivity contribution in [3.05, 3.63) is 68.8 Å². The summed E-state index contributed by atoms with van der Waals surface area (Å²) in [6, 6.07) is 8.28. The Morgan fingerprint density at radius 1 is 1.30 bits per heavy atom. The van der Waals surface area contributed by atoms with E-state index in [1.165, 1.54) is 10.6 Å². The van der Waals surface area contributed by atoms with Crippen LogP contribution in [0.4, 0.5) is 4.39 Å². The molecular weight excluding hydrogens is 365 g/mol. The van der Waals surface area contributed by atoms with Gasteiger partial charge in [0.15, 0.2) is 11.4 Å². The zero-order chi connectivity index (χ0) is 16.1. The number of aromatic nitrogens is 3. The molecule has 116 valence electrons. The van der Waals surface area contributed by atoms with Gasteiger partial charge in [-0.2, -0.15) is 0 Å². The standard InChI is InChI=1S/C16H11BrFN3O2/c1-9-13(20-7-10(17)5-6-14(20)19-9)8-21-12-4-2-3-11(18)15(12)23-16(21)22/h2-7H,8H2,1H3. The minimum atomic E-state index is -0.588. The van der Waals surface area contributed by atoms with E-state index < -0.39 is 11.6 Å². The predicted octanol–water partition coefficient (Wildman–Crippen LogP) is 3.50. The fourth-order valence-electron chi connectivity index (χ4n) is 2.73. The second-order valence-electron chi connectivity index (χ2n) is 5.26. The van der Waals surface area contributed by atoms with Crippen molar-refractivity contribution in [1.29, 1.82) is 0 Å². The van der Waals surface area contributed by atoms with E-state index in [2.05, 4.69) is 20.9 Å². The molecule has 0 saturated heterocycles. The molecule has 4 rings (SSSR count). The number of fused-ring (bicyclic) bond motifs is 2. The van der Waals surface area contributed by atoms with Crippen molar-refractivity contribution < 1.29 is 8.81 Å². The zero-order valence-electron chi connectivity index (χ0n) is 12.1. The molecule has 0 saturated carbocycles. The number of nitrogens with zero attached hydrogens (tertiary/aromatic N) is 3. The van der Waals surface area contributed by atoms with Gasteiger partial charge in [0.25, 0.3) is 0 Å². The van der Waals surface area contributed by atoms with Crippen LogP contribution in [0.15, 0.2) is 50.2 Å². The molecule has 0 N–H and O–H groups in total. The Kier molecular flexibility index (Phi) is 3.12. The fraction of sp³-hybridized carbons (Fsp3) is 0.125. The topological polar surface area (TPSA) is 52.4 Å². The van der Waals surface area contributed by atoms with Gasteiger partial charge in [-0.15, -0.1) is 0 Å². The first-order chi connectivity index (χ1) is 11.0. The minimum Gasteiger partial charge on any atom is -0.405 e. The lowest BCUT2D eigenvalue weighted by Crippen LogP contribution is -2.16. The molecule has 0 aliphatic heterocycles. The van der Waals surface area contributed by atoms with Gasteiger partial charge in [-0.3, -0.25) is 4.57 Å². The Hall–Kier alpha value is -2.41. The Morgan fingerprint density at radius 3 is 2.96 bits per heavy atom. The first kappa shape index (κ1) is 14.2. The van der Waals surface area contributed by atoms with Crippen molar-refractivity contribution in [2.75, 3.05) is 0 Å². The maximum absolute atomic E-state index is 13.8. The quantitative estimate of drug-likeness (QED) is 0.538. The third-order valence-corrected chi connectivity index (χ3v) is 4.31. The van der Waals surface area contributed by atoms with Crippen LogP contribution in [0.3, 0.4) is 0 Å². The molecule has 0 spiro atoms. The summed E-state index contributed by atoms with van der Waals surface area (Å²) in [5.74, 6) is -1.13. The molecule has 0 amide bonds. The summed E-state index contributed by atoms with van der Waals surface area (Å²) < 4.78 is 23.0. The van der Waals surface area contributed by atoms with Crippen LogP contribution in [0.25, 0.3) is 16.7 Å². The van der Waals surface area contributed by atoms with Crippen LogP contribution < -0.4 is 5.76 Å².